The minimum atomic E-state index is -0.575. The number of rotatable bonds is 3. The molecule has 108 valence electrons. The molecule has 1 aromatic carbocycles. The average Bonchev–Trinajstić information content (AvgIpc) is 2.86. The molecule has 1 aliphatic rings. The lowest BCUT2D eigenvalue weighted by atomic mass is 10.0. The molecular weight excluding hydrogens is 256 g/mol. The highest BCUT2D eigenvalue weighted by Gasteiger charge is 2.31. The molecule has 0 aromatic heterocycles. The van der Waals surface area contributed by atoms with E-state index in [2.05, 4.69) is 10.5 Å². The van der Waals surface area contributed by atoms with Crippen LogP contribution in [0.15, 0.2) is 29.4 Å². The predicted molar refractivity (Wildman–Crippen MR) is 76.9 cm³/mol. The van der Waals surface area contributed by atoms with Crippen LogP contribution in [0, 0.1) is 0 Å². The number of para-hydroxylation sites is 1. The number of benzene rings is 1. The van der Waals surface area contributed by atoms with Crippen molar-refractivity contribution in [2.45, 2.75) is 38.8 Å². The van der Waals surface area contributed by atoms with E-state index in [-0.39, 0.29) is 11.4 Å². The van der Waals surface area contributed by atoms with Gasteiger partial charge in [-0.3, -0.25) is 4.79 Å². The molecule has 1 N–H and O–H groups in total. The first-order valence-electron chi connectivity index (χ1n) is 6.59. The number of oxime groups is 1. The van der Waals surface area contributed by atoms with E-state index in [9.17, 15) is 4.79 Å². The number of nitrogens with one attached hydrogen (secondary N) is 1. The number of hydrogen-bond donors (Lipinski definition) is 1. The molecule has 2 rings (SSSR count). The number of ether oxygens (including phenoxy) is 1. The quantitative estimate of drug-likeness (QED) is 0.919. The summed E-state index contributed by atoms with van der Waals surface area (Å²) in [7, 11) is 1.61. The Balaban J connectivity index is 2.07. The van der Waals surface area contributed by atoms with Gasteiger partial charge < -0.3 is 14.9 Å². The number of carbonyl (C=O) groups is 1. The zero-order valence-electron chi connectivity index (χ0n) is 12.3. The third-order valence-corrected chi connectivity index (χ3v) is 2.88. The summed E-state index contributed by atoms with van der Waals surface area (Å²) in [4.78, 5) is 17.3. The Morgan fingerprint density at radius 1 is 1.40 bits per heavy atom. The topological polar surface area (TPSA) is 59.9 Å². The summed E-state index contributed by atoms with van der Waals surface area (Å²) in [5, 5.41) is 6.92. The molecule has 0 radical (unpaired) electrons. The maximum absolute atomic E-state index is 12.1. The SMILES string of the molecule is COc1ccccc1C1=NOC(C(=O)NC(C)(C)C)C1. The van der Waals surface area contributed by atoms with Gasteiger partial charge in [-0.05, 0) is 32.9 Å². The van der Waals surface area contributed by atoms with Crippen LogP contribution in [0.5, 0.6) is 5.75 Å². The second kappa shape index (κ2) is 5.53. The van der Waals surface area contributed by atoms with Crippen LogP contribution < -0.4 is 10.1 Å². The van der Waals surface area contributed by atoms with E-state index in [1.54, 1.807) is 7.11 Å². The zero-order valence-corrected chi connectivity index (χ0v) is 12.3. The molecule has 1 aromatic rings. The van der Waals surface area contributed by atoms with Crippen molar-refractivity contribution in [3.63, 3.8) is 0 Å². The van der Waals surface area contributed by atoms with E-state index in [0.29, 0.717) is 6.42 Å². The number of amides is 1. The van der Waals surface area contributed by atoms with Gasteiger partial charge in [-0.2, -0.15) is 0 Å². The van der Waals surface area contributed by atoms with Crippen LogP contribution in [0.4, 0.5) is 0 Å². The number of methoxy groups -OCH3 is 1. The van der Waals surface area contributed by atoms with Crippen molar-refractivity contribution in [2.24, 2.45) is 5.16 Å². The lowest BCUT2D eigenvalue weighted by Gasteiger charge is -2.22. The average molecular weight is 276 g/mol. The number of carbonyl (C=O) groups excluding carboxylic acids is 1. The summed E-state index contributed by atoms with van der Waals surface area (Å²) >= 11 is 0. The number of hydrogen-bond acceptors (Lipinski definition) is 4. The Bertz CT molecular complexity index is 532. The molecule has 1 unspecified atom stereocenters. The van der Waals surface area contributed by atoms with Crippen LogP contribution >= 0.6 is 0 Å². The number of nitrogens with zero attached hydrogens (tertiary/aromatic N) is 1. The van der Waals surface area contributed by atoms with E-state index in [0.717, 1.165) is 17.0 Å². The Morgan fingerprint density at radius 3 is 2.75 bits per heavy atom. The van der Waals surface area contributed by atoms with Gasteiger partial charge in [-0.15, -0.1) is 0 Å². The second-order valence-corrected chi connectivity index (χ2v) is 5.78. The van der Waals surface area contributed by atoms with Gasteiger partial charge in [0.15, 0.2) is 0 Å². The predicted octanol–water partition coefficient (Wildman–Crippen LogP) is 2.10. The Morgan fingerprint density at radius 2 is 2.10 bits per heavy atom. The fourth-order valence-electron chi connectivity index (χ4n) is 2.01. The van der Waals surface area contributed by atoms with Gasteiger partial charge in [0.05, 0.1) is 12.8 Å². The third-order valence-electron chi connectivity index (χ3n) is 2.88. The molecule has 5 heteroatoms. The Labute approximate surface area is 118 Å². The molecule has 0 fully saturated rings. The summed E-state index contributed by atoms with van der Waals surface area (Å²) in [5.41, 5.74) is 1.31. The minimum Gasteiger partial charge on any atom is -0.496 e. The van der Waals surface area contributed by atoms with Crippen molar-refractivity contribution in [1.29, 1.82) is 0 Å². The molecule has 1 aliphatic heterocycles. The molecule has 1 heterocycles. The van der Waals surface area contributed by atoms with Gasteiger partial charge in [0.1, 0.15) is 5.75 Å². The van der Waals surface area contributed by atoms with Crippen LogP contribution in [0.25, 0.3) is 0 Å². The van der Waals surface area contributed by atoms with Crippen LogP contribution in [0.1, 0.15) is 32.8 Å². The molecule has 0 bridgehead atoms. The normalized spacial score (nSPS) is 18.2. The standard InChI is InChI=1S/C15H20N2O3/c1-15(2,3)16-14(18)13-9-11(17-20-13)10-7-5-6-8-12(10)19-4/h5-8,13H,9H2,1-4H3,(H,16,18). The van der Waals surface area contributed by atoms with Crippen molar-refractivity contribution >= 4 is 11.6 Å². The van der Waals surface area contributed by atoms with Gasteiger partial charge in [-0.1, -0.05) is 17.3 Å². The molecule has 0 saturated heterocycles. The van der Waals surface area contributed by atoms with E-state index in [1.807, 2.05) is 45.0 Å². The van der Waals surface area contributed by atoms with E-state index < -0.39 is 6.10 Å². The maximum atomic E-state index is 12.1. The first kappa shape index (κ1) is 14.4. The monoisotopic (exact) mass is 276 g/mol. The summed E-state index contributed by atoms with van der Waals surface area (Å²) in [6, 6.07) is 7.57. The fraction of sp³-hybridized carbons (Fsp3) is 0.467. The minimum absolute atomic E-state index is 0.147. The van der Waals surface area contributed by atoms with Gasteiger partial charge in [0, 0.05) is 17.5 Å². The van der Waals surface area contributed by atoms with Gasteiger partial charge >= 0.3 is 0 Å². The molecule has 0 aliphatic carbocycles. The molecule has 5 nitrogen and oxygen atoms in total. The van der Waals surface area contributed by atoms with Crippen molar-refractivity contribution in [3.05, 3.63) is 29.8 Å². The van der Waals surface area contributed by atoms with Crippen molar-refractivity contribution in [1.82, 2.24) is 5.32 Å². The van der Waals surface area contributed by atoms with Crippen molar-refractivity contribution in [2.75, 3.05) is 7.11 Å². The lowest BCUT2D eigenvalue weighted by molar-refractivity contribution is -0.132. The Kier molecular flexibility index (Phi) is 3.97. The first-order valence-corrected chi connectivity index (χ1v) is 6.59. The van der Waals surface area contributed by atoms with E-state index in [1.165, 1.54) is 0 Å². The molecule has 1 atom stereocenters. The summed E-state index contributed by atoms with van der Waals surface area (Å²) in [6.45, 7) is 5.80. The van der Waals surface area contributed by atoms with Crippen LogP contribution in [0.2, 0.25) is 0 Å². The zero-order chi connectivity index (χ0) is 14.8. The Hall–Kier alpha value is -2.04. The molecular formula is C15H20N2O3. The lowest BCUT2D eigenvalue weighted by Crippen LogP contribution is -2.45. The molecule has 0 saturated carbocycles. The molecule has 0 spiro atoms. The van der Waals surface area contributed by atoms with E-state index in [4.69, 9.17) is 9.57 Å². The molecule has 20 heavy (non-hydrogen) atoms. The summed E-state index contributed by atoms with van der Waals surface area (Å²) in [5.74, 6) is 0.581. The summed E-state index contributed by atoms with van der Waals surface area (Å²) in [6.07, 6.45) is -0.128. The maximum Gasteiger partial charge on any atom is 0.264 e. The molecule has 1 amide bonds. The van der Waals surface area contributed by atoms with Crippen LogP contribution in [-0.4, -0.2) is 30.4 Å². The highest BCUT2D eigenvalue weighted by Crippen LogP contribution is 2.24. The highest BCUT2D eigenvalue weighted by atomic mass is 16.6. The van der Waals surface area contributed by atoms with Crippen molar-refractivity contribution in [3.8, 4) is 5.75 Å². The van der Waals surface area contributed by atoms with Gasteiger partial charge in [0.2, 0.25) is 6.10 Å². The van der Waals surface area contributed by atoms with E-state index >= 15 is 0 Å². The van der Waals surface area contributed by atoms with Crippen LogP contribution in [-0.2, 0) is 9.63 Å². The van der Waals surface area contributed by atoms with Gasteiger partial charge in [-0.25, -0.2) is 0 Å². The van der Waals surface area contributed by atoms with Gasteiger partial charge in [0.25, 0.3) is 5.91 Å². The third kappa shape index (κ3) is 3.29. The first-order chi connectivity index (χ1) is 9.40. The summed E-state index contributed by atoms with van der Waals surface area (Å²) < 4.78 is 5.30. The highest BCUT2D eigenvalue weighted by molar-refractivity contribution is 6.05. The van der Waals surface area contributed by atoms with Crippen LogP contribution in [0.3, 0.4) is 0 Å². The smallest absolute Gasteiger partial charge is 0.264 e. The largest absolute Gasteiger partial charge is 0.496 e. The fourth-order valence-corrected chi connectivity index (χ4v) is 2.01. The second-order valence-electron chi connectivity index (χ2n) is 5.78. The van der Waals surface area contributed by atoms with Crippen molar-refractivity contribution < 1.29 is 14.4 Å².